The summed E-state index contributed by atoms with van der Waals surface area (Å²) in [5.74, 6) is -0.0552. The molecule has 1 heterocycles. The van der Waals surface area contributed by atoms with Gasteiger partial charge in [-0.25, -0.2) is 14.4 Å². The van der Waals surface area contributed by atoms with Gasteiger partial charge in [0.1, 0.15) is 16.5 Å². The van der Waals surface area contributed by atoms with Gasteiger partial charge in [0.25, 0.3) is 0 Å². The van der Waals surface area contributed by atoms with Crippen molar-refractivity contribution in [3.05, 3.63) is 58.0 Å². The molecule has 0 aliphatic heterocycles. The molecule has 0 bridgehead atoms. The predicted octanol–water partition coefficient (Wildman–Crippen LogP) is 5.05. The van der Waals surface area contributed by atoms with Crippen LogP contribution in [0.1, 0.15) is 5.56 Å². The van der Waals surface area contributed by atoms with Gasteiger partial charge in [-0.1, -0.05) is 35.3 Å². The van der Waals surface area contributed by atoms with E-state index in [2.05, 4.69) is 9.97 Å². The maximum Gasteiger partial charge on any atom is 0.161 e. The Morgan fingerprint density at radius 3 is 2.65 bits per heavy atom. The lowest BCUT2D eigenvalue weighted by molar-refractivity contribution is 0.636. The van der Waals surface area contributed by atoms with Gasteiger partial charge in [-0.15, -0.1) is 0 Å². The Morgan fingerprint density at radius 1 is 1.05 bits per heavy atom. The Kier molecular flexibility index (Phi) is 3.32. The number of para-hydroxylation sites is 1. The average molecular weight is 307 g/mol. The van der Waals surface area contributed by atoms with E-state index in [9.17, 15) is 4.39 Å². The lowest BCUT2D eigenvalue weighted by atomic mass is 10.1. The van der Waals surface area contributed by atoms with E-state index >= 15 is 0 Å². The molecule has 0 amide bonds. The molecule has 3 rings (SSSR count). The third-order valence-electron chi connectivity index (χ3n) is 3.07. The van der Waals surface area contributed by atoms with Gasteiger partial charge in [0.15, 0.2) is 5.82 Å². The van der Waals surface area contributed by atoms with E-state index in [1.165, 1.54) is 6.07 Å². The third kappa shape index (κ3) is 2.23. The molecule has 0 spiro atoms. The van der Waals surface area contributed by atoms with Crippen LogP contribution in [0.3, 0.4) is 0 Å². The summed E-state index contributed by atoms with van der Waals surface area (Å²) in [6.07, 6.45) is 0. The van der Waals surface area contributed by atoms with Crippen LogP contribution in [-0.4, -0.2) is 9.97 Å². The maximum atomic E-state index is 13.9. The number of hydrogen-bond donors (Lipinski definition) is 0. The minimum Gasteiger partial charge on any atom is -0.225 e. The Hall–Kier alpha value is -1.71. The molecule has 0 unspecified atom stereocenters. The van der Waals surface area contributed by atoms with Crippen LogP contribution in [0.4, 0.5) is 4.39 Å². The van der Waals surface area contributed by atoms with E-state index in [-0.39, 0.29) is 10.7 Å². The number of fused-ring (bicyclic) bond motifs is 1. The molecule has 0 fully saturated rings. The summed E-state index contributed by atoms with van der Waals surface area (Å²) in [5.41, 5.74) is 1.90. The van der Waals surface area contributed by atoms with Gasteiger partial charge in [0.2, 0.25) is 0 Å². The van der Waals surface area contributed by atoms with Crippen molar-refractivity contribution in [2.24, 2.45) is 0 Å². The summed E-state index contributed by atoms with van der Waals surface area (Å²) in [4.78, 5) is 8.52. The number of aromatic nitrogens is 2. The van der Waals surface area contributed by atoms with Crippen molar-refractivity contribution < 1.29 is 4.39 Å². The number of hydrogen-bond acceptors (Lipinski definition) is 2. The van der Waals surface area contributed by atoms with Crippen molar-refractivity contribution in [1.29, 1.82) is 0 Å². The molecular weight excluding hydrogens is 298 g/mol. The zero-order valence-electron chi connectivity index (χ0n) is 10.5. The summed E-state index contributed by atoms with van der Waals surface area (Å²) < 4.78 is 13.9. The van der Waals surface area contributed by atoms with Crippen molar-refractivity contribution in [3.8, 4) is 11.4 Å². The topological polar surface area (TPSA) is 25.8 Å². The zero-order valence-corrected chi connectivity index (χ0v) is 12.0. The van der Waals surface area contributed by atoms with E-state index in [0.29, 0.717) is 16.2 Å². The zero-order chi connectivity index (χ0) is 14.3. The molecular formula is C15H9Cl2FN2. The Balaban J connectivity index is 2.32. The fourth-order valence-electron chi connectivity index (χ4n) is 2.04. The van der Waals surface area contributed by atoms with Crippen LogP contribution in [0.15, 0.2) is 36.4 Å². The van der Waals surface area contributed by atoms with Crippen molar-refractivity contribution in [2.75, 3.05) is 0 Å². The third-order valence-corrected chi connectivity index (χ3v) is 3.59. The van der Waals surface area contributed by atoms with E-state index < -0.39 is 5.82 Å². The first-order valence-electron chi connectivity index (χ1n) is 5.94. The molecule has 1 aromatic heterocycles. The normalized spacial score (nSPS) is 11.0. The quantitative estimate of drug-likeness (QED) is 0.588. The second-order valence-electron chi connectivity index (χ2n) is 4.43. The maximum absolute atomic E-state index is 13.9. The van der Waals surface area contributed by atoms with Crippen molar-refractivity contribution in [2.45, 2.75) is 6.92 Å². The van der Waals surface area contributed by atoms with Crippen molar-refractivity contribution in [3.63, 3.8) is 0 Å². The highest BCUT2D eigenvalue weighted by Crippen LogP contribution is 2.29. The second-order valence-corrected chi connectivity index (χ2v) is 5.23. The van der Waals surface area contributed by atoms with Crippen LogP contribution in [0.5, 0.6) is 0 Å². The molecule has 0 radical (unpaired) electrons. The van der Waals surface area contributed by atoms with Gasteiger partial charge in [-0.3, -0.25) is 0 Å². The molecule has 3 aromatic rings. The number of aryl methyl sites for hydroxylation is 1. The van der Waals surface area contributed by atoms with Gasteiger partial charge < -0.3 is 0 Å². The average Bonchev–Trinajstić information content (AvgIpc) is 2.42. The van der Waals surface area contributed by atoms with Crippen LogP contribution in [0, 0.1) is 12.7 Å². The van der Waals surface area contributed by atoms with E-state index in [1.807, 2.05) is 13.0 Å². The van der Waals surface area contributed by atoms with Gasteiger partial charge >= 0.3 is 0 Å². The lowest BCUT2D eigenvalue weighted by Crippen LogP contribution is -1.95. The van der Waals surface area contributed by atoms with E-state index in [1.54, 1.807) is 24.3 Å². The van der Waals surface area contributed by atoms with Crippen molar-refractivity contribution in [1.82, 2.24) is 9.97 Å². The molecule has 0 aliphatic rings. The van der Waals surface area contributed by atoms with Crippen LogP contribution in [0.25, 0.3) is 22.3 Å². The predicted molar refractivity (Wildman–Crippen MR) is 79.7 cm³/mol. The minimum absolute atomic E-state index is 0.210. The standard InChI is InChI=1S/C15H9Cl2FN2/c1-8-5-6-9(16)7-11(8)15-19-13-10(14(17)20-15)3-2-4-12(13)18/h2-7H,1H3. The molecule has 2 nitrogen and oxygen atoms in total. The number of halogens is 3. The van der Waals surface area contributed by atoms with Crippen molar-refractivity contribution >= 4 is 34.1 Å². The molecule has 100 valence electrons. The Bertz CT molecular complexity index is 818. The summed E-state index contributed by atoms with van der Waals surface area (Å²) in [6.45, 7) is 1.91. The second kappa shape index (κ2) is 5.00. The van der Waals surface area contributed by atoms with E-state index in [0.717, 1.165) is 11.1 Å². The first-order chi connectivity index (χ1) is 9.56. The number of nitrogens with zero attached hydrogens (tertiary/aromatic N) is 2. The Labute approximate surface area is 125 Å². The molecule has 20 heavy (non-hydrogen) atoms. The Morgan fingerprint density at radius 2 is 1.85 bits per heavy atom. The van der Waals surface area contributed by atoms with Crippen LogP contribution >= 0.6 is 23.2 Å². The summed E-state index contributed by atoms with van der Waals surface area (Å²) in [5, 5.41) is 1.29. The number of benzene rings is 2. The fourth-order valence-corrected chi connectivity index (χ4v) is 2.44. The van der Waals surface area contributed by atoms with Crippen LogP contribution in [0.2, 0.25) is 10.2 Å². The molecule has 0 saturated heterocycles. The van der Waals surface area contributed by atoms with Crippen LogP contribution < -0.4 is 0 Å². The highest BCUT2D eigenvalue weighted by Gasteiger charge is 2.12. The summed E-state index contributed by atoms with van der Waals surface area (Å²) in [7, 11) is 0. The fraction of sp³-hybridized carbons (Fsp3) is 0.0667. The largest absolute Gasteiger partial charge is 0.225 e. The molecule has 0 atom stereocenters. The molecule has 2 aromatic carbocycles. The summed E-state index contributed by atoms with van der Waals surface area (Å²) in [6, 6.07) is 10.0. The van der Waals surface area contributed by atoms with Gasteiger partial charge in [0.05, 0.1) is 0 Å². The molecule has 0 N–H and O–H groups in total. The molecule has 5 heteroatoms. The van der Waals surface area contributed by atoms with Gasteiger partial charge in [-0.2, -0.15) is 0 Å². The first-order valence-corrected chi connectivity index (χ1v) is 6.70. The lowest BCUT2D eigenvalue weighted by Gasteiger charge is -2.08. The van der Waals surface area contributed by atoms with Gasteiger partial charge in [0, 0.05) is 16.0 Å². The highest BCUT2D eigenvalue weighted by atomic mass is 35.5. The minimum atomic E-state index is -0.423. The smallest absolute Gasteiger partial charge is 0.161 e. The molecule has 0 aliphatic carbocycles. The molecule has 0 saturated carbocycles. The monoisotopic (exact) mass is 306 g/mol. The van der Waals surface area contributed by atoms with E-state index in [4.69, 9.17) is 23.2 Å². The first kappa shape index (κ1) is 13.3. The SMILES string of the molecule is Cc1ccc(Cl)cc1-c1nc(Cl)c2cccc(F)c2n1. The van der Waals surface area contributed by atoms with Gasteiger partial charge in [-0.05, 0) is 36.8 Å². The number of rotatable bonds is 1. The van der Waals surface area contributed by atoms with Crippen LogP contribution in [-0.2, 0) is 0 Å². The highest BCUT2D eigenvalue weighted by molar-refractivity contribution is 6.34. The summed E-state index contributed by atoms with van der Waals surface area (Å²) >= 11 is 12.1.